The Morgan fingerprint density at radius 3 is 2.47 bits per heavy atom. The van der Waals surface area contributed by atoms with Crippen molar-refractivity contribution in [3.63, 3.8) is 0 Å². The van der Waals surface area contributed by atoms with Crippen molar-refractivity contribution >= 4 is 17.9 Å². The number of benzene rings is 1. The molecule has 100 valence electrons. The van der Waals surface area contributed by atoms with E-state index in [9.17, 15) is 14.4 Å². The zero-order chi connectivity index (χ0) is 14.0. The third-order valence-electron chi connectivity index (χ3n) is 2.98. The number of hydrogen-bond donors (Lipinski definition) is 2. The van der Waals surface area contributed by atoms with E-state index in [1.54, 1.807) is 30.3 Å². The Morgan fingerprint density at radius 2 is 2.00 bits per heavy atom. The first-order chi connectivity index (χ1) is 9.01. The quantitative estimate of drug-likeness (QED) is 0.333. The van der Waals surface area contributed by atoms with E-state index in [4.69, 9.17) is 10.6 Å². The maximum atomic E-state index is 12.1. The fourth-order valence-corrected chi connectivity index (χ4v) is 1.95. The van der Waals surface area contributed by atoms with E-state index in [2.05, 4.69) is 0 Å². The summed E-state index contributed by atoms with van der Waals surface area (Å²) in [6, 6.07) is 8.77. The molecule has 0 aliphatic carbocycles. The summed E-state index contributed by atoms with van der Waals surface area (Å²) in [4.78, 5) is 36.2. The molecule has 7 nitrogen and oxygen atoms in total. The van der Waals surface area contributed by atoms with Gasteiger partial charge in [0.2, 0.25) is 0 Å². The summed E-state index contributed by atoms with van der Waals surface area (Å²) in [5.41, 5.74) is 0.630. The lowest BCUT2D eigenvalue weighted by atomic mass is 9.93. The van der Waals surface area contributed by atoms with Crippen LogP contribution in [0.25, 0.3) is 0 Å². The number of cyclic esters (lactones) is 1. The molecule has 0 saturated carbocycles. The number of hydrogen-bond acceptors (Lipinski definition) is 5. The summed E-state index contributed by atoms with van der Waals surface area (Å²) in [7, 11) is 1.25. The number of rotatable bonds is 3. The first-order valence-electron chi connectivity index (χ1n) is 5.57. The third-order valence-corrected chi connectivity index (χ3v) is 2.98. The molecule has 1 heterocycles. The first-order valence-corrected chi connectivity index (χ1v) is 5.57. The van der Waals surface area contributed by atoms with Gasteiger partial charge >= 0.3 is 6.09 Å². The van der Waals surface area contributed by atoms with Crippen molar-refractivity contribution in [2.45, 2.75) is 12.0 Å². The first kappa shape index (κ1) is 13.0. The van der Waals surface area contributed by atoms with Crippen LogP contribution in [0.4, 0.5) is 4.79 Å². The number of carbonyl (C=O) groups excluding carboxylic acids is 3. The number of likely N-dealkylation sites (N-methyl/N-ethyl adjacent to an activating group) is 1. The van der Waals surface area contributed by atoms with Crippen LogP contribution in [0.1, 0.15) is 5.56 Å². The molecule has 0 bridgehead atoms. The molecule has 7 heteroatoms. The Labute approximate surface area is 109 Å². The van der Waals surface area contributed by atoms with Crippen LogP contribution in [0, 0.1) is 0 Å². The second-order valence-corrected chi connectivity index (χ2v) is 4.19. The minimum absolute atomic E-state index is 0.0637. The number of hydrazine groups is 1. The highest BCUT2D eigenvalue weighted by molar-refractivity contribution is 6.16. The van der Waals surface area contributed by atoms with Crippen molar-refractivity contribution in [3.05, 3.63) is 35.9 Å². The van der Waals surface area contributed by atoms with E-state index in [0.29, 0.717) is 5.56 Å². The van der Waals surface area contributed by atoms with E-state index in [1.165, 1.54) is 7.05 Å². The Balaban J connectivity index is 2.40. The van der Waals surface area contributed by atoms with Crippen LogP contribution in [-0.4, -0.2) is 35.5 Å². The van der Waals surface area contributed by atoms with Crippen LogP contribution in [0.3, 0.4) is 0 Å². The molecule has 3 N–H and O–H groups in total. The van der Waals surface area contributed by atoms with E-state index >= 15 is 0 Å². The van der Waals surface area contributed by atoms with Gasteiger partial charge < -0.3 is 4.74 Å². The number of nitrogens with two attached hydrogens (primary N) is 1. The number of amides is 3. The summed E-state index contributed by atoms with van der Waals surface area (Å²) in [5.74, 6) is 3.50. The topological polar surface area (TPSA) is 102 Å². The summed E-state index contributed by atoms with van der Waals surface area (Å²) in [6.07, 6.45) is -0.935. The third kappa shape index (κ3) is 2.04. The SMILES string of the molecule is CN1C(=O)O[C@](Cc2ccccc2)(C(=O)NN)C1=O. The molecule has 1 aromatic carbocycles. The number of nitrogens with one attached hydrogen (secondary N) is 1. The van der Waals surface area contributed by atoms with Gasteiger partial charge in [-0.2, -0.15) is 0 Å². The van der Waals surface area contributed by atoms with Gasteiger partial charge in [-0.3, -0.25) is 15.0 Å². The van der Waals surface area contributed by atoms with E-state index < -0.39 is 23.5 Å². The molecule has 0 unspecified atom stereocenters. The number of nitrogens with zero attached hydrogens (tertiary/aromatic N) is 1. The monoisotopic (exact) mass is 263 g/mol. The molecule has 1 saturated heterocycles. The minimum Gasteiger partial charge on any atom is -0.422 e. The van der Waals surface area contributed by atoms with Crippen LogP contribution in [0.5, 0.6) is 0 Å². The fraction of sp³-hybridized carbons (Fsp3) is 0.250. The molecule has 1 atom stereocenters. The predicted molar refractivity (Wildman–Crippen MR) is 64.5 cm³/mol. The Kier molecular flexibility index (Phi) is 3.22. The fourth-order valence-electron chi connectivity index (χ4n) is 1.95. The lowest BCUT2D eigenvalue weighted by Crippen LogP contribution is -2.56. The van der Waals surface area contributed by atoms with Crippen LogP contribution >= 0.6 is 0 Å². The van der Waals surface area contributed by atoms with Crippen molar-refractivity contribution in [1.29, 1.82) is 0 Å². The molecule has 1 aliphatic heterocycles. The molecule has 0 radical (unpaired) electrons. The zero-order valence-electron chi connectivity index (χ0n) is 10.3. The van der Waals surface area contributed by atoms with Crippen molar-refractivity contribution in [3.8, 4) is 0 Å². The van der Waals surface area contributed by atoms with Gasteiger partial charge in [0, 0.05) is 13.5 Å². The molecule has 1 aliphatic rings. The van der Waals surface area contributed by atoms with Gasteiger partial charge in [-0.1, -0.05) is 30.3 Å². The Morgan fingerprint density at radius 1 is 1.37 bits per heavy atom. The van der Waals surface area contributed by atoms with E-state index in [1.807, 2.05) is 5.43 Å². The van der Waals surface area contributed by atoms with Crippen LogP contribution < -0.4 is 11.3 Å². The lowest BCUT2D eigenvalue weighted by molar-refractivity contribution is -0.149. The molecule has 3 amide bonds. The second-order valence-electron chi connectivity index (χ2n) is 4.19. The second kappa shape index (κ2) is 4.69. The highest BCUT2D eigenvalue weighted by atomic mass is 16.6. The molecule has 0 spiro atoms. The molecular formula is C12H13N3O4. The summed E-state index contributed by atoms with van der Waals surface area (Å²) in [5, 5.41) is 0. The van der Waals surface area contributed by atoms with Crippen molar-refractivity contribution < 1.29 is 19.1 Å². The average Bonchev–Trinajstić information content (AvgIpc) is 2.64. The van der Waals surface area contributed by atoms with Gasteiger partial charge in [0.25, 0.3) is 17.4 Å². The molecule has 0 aromatic heterocycles. The highest BCUT2D eigenvalue weighted by Gasteiger charge is 2.58. The van der Waals surface area contributed by atoms with Gasteiger partial charge in [-0.05, 0) is 5.56 Å². The van der Waals surface area contributed by atoms with Crippen LogP contribution in [-0.2, 0) is 20.7 Å². The normalized spacial score (nSPS) is 22.3. The van der Waals surface area contributed by atoms with E-state index in [-0.39, 0.29) is 6.42 Å². The molecule has 1 aromatic rings. The lowest BCUT2D eigenvalue weighted by Gasteiger charge is -2.22. The minimum atomic E-state index is -1.93. The maximum absolute atomic E-state index is 12.1. The van der Waals surface area contributed by atoms with Gasteiger partial charge in [0.1, 0.15) is 0 Å². The largest absolute Gasteiger partial charge is 0.422 e. The zero-order valence-corrected chi connectivity index (χ0v) is 10.3. The number of imide groups is 1. The highest BCUT2D eigenvalue weighted by Crippen LogP contribution is 2.27. The summed E-state index contributed by atoms with van der Waals surface area (Å²) in [6.45, 7) is 0. The van der Waals surface area contributed by atoms with Crippen LogP contribution in [0.2, 0.25) is 0 Å². The molecule has 1 fully saturated rings. The molecule has 2 rings (SSSR count). The maximum Gasteiger partial charge on any atom is 0.417 e. The summed E-state index contributed by atoms with van der Waals surface area (Å²) >= 11 is 0. The Hall–Kier alpha value is -2.41. The van der Waals surface area contributed by atoms with E-state index in [0.717, 1.165) is 4.90 Å². The van der Waals surface area contributed by atoms with Gasteiger partial charge in [-0.25, -0.2) is 15.5 Å². The summed E-state index contributed by atoms with van der Waals surface area (Å²) < 4.78 is 4.98. The standard InChI is InChI=1S/C12H13N3O4/c1-15-10(17)12(9(16)14-13,19-11(15)18)7-8-5-3-2-4-6-8/h2-6H,7,13H2,1H3,(H,14,16)/t12-/m1/s1. The van der Waals surface area contributed by atoms with Crippen LogP contribution in [0.15, 0.2) is 30.3 Å². The van der Waals surface area contributed by atoms with Gasteiger partial charge in [0.15, 0.2) is 0 Å². The number of ether oxygens (including phenoxy) is 1. The smallest absolute Gasteiger partial charge is 0.417 e. The van der Waals surface area contributed by atoms with Crippen molar-refractivity contribution in [1.82, 2.24) is 10.3 Å². The average molecular weight is 263 g/mol. The Bertz CT molecular complexity index is 531. The van der Waals surface area contributed by atoms with Crippen molar-refractivity contribution in [2.24, 2.45) is 5.84 Å². The molecular weight excluding hydrogens is 250 g/mol. The van der Waals surface area contributed by atoms with Gasteiger partial charge in [-0.15, -0.1) is 0 Å². The van der Waals surface area contributed by atoms with Crippen molar-refractivity contribution in [2.75, 3.05) is 7.05 Å². The predicted octanol–water partition coefficient (Wildman–Crippen LogP) is -0.434. The molecule has 19 heavy (non-hydrogen) atoms. The number of carbonyl (C=O) groups is 3. The van der Waals surface area contributed by atoms with Gasteiger partial charge in [0.05, 0.1) is 0 Å².